The Balaban J connectivity index is 2.01. The van der Waals surface area contributed by atoms with Crippen molar-refractivity contribution in [3.63, 3.8) is 0 Å². The lowest BCUT2D eigenvalue weighted by Gasteiger charge is -2.30. The lowest BCUT2D eigenvalue weighted by atomic mass is 10.1. The molecule has 0 bridgehead atoms. The molecular weight excluding hydrogens is 226 g/mol. The van der Waals surface area contributed by atoms with Gasteiger partial charge in [-0.15, -0.1) is 0 Å². The smallest absolute Gasteiger partial charge is 0.265 e. The van der Waals surface area contributed by atoms with Gasteiger partial charge in [0.25, 0.3) is 5.91 Å². The van der Waals surface area contributed by atoms with Gasteiger partial charge in [-0.05, 0) is 25.5 Å². The van der Waals surface area contributed by atoms with Crippen LogP contribution < -0.4 is 10.3 Å². The van der Waals surface area contributed by atoms with Gasteiger partial charge in [-0.2, -0.15) is 0 Å². The third kappa shape index (κ3) is 3.09. The van der Waals surface area contributed by atoms with Crippen LogP contribution in [0.15, 0.2) is 18.2 Å². The normalized spacial score (nSPS) is 17.7. The molecule has 1 fully saturated rings. The molecule has 1 aromatic carbocycles. The average Bonchev–Trinajstić information content (AvgIpc) is 2.35. The molecule has 1 aromatic rings. The molecule has 2 N–H and O–H groups in total. The molecular formula is C14H22N3O+. The number of carbonyl (C=O) groups is 1. The number of nitrogens with zero attached hydrogens (tertiary/aromatic N) is 1. The van der Waals surface area contributed by atoms with E-state index in [2.05, 4.69) is 12.5 Å². The van der Waals surface area contributed by atoms with Crippen molar-refractivity contribution >= 4 is 5.91 Å². The number of aryl methyl sites for hydroxylation is 2. The number of hydrogen-bond donors (Lipinski definition) is 2. The number of amides is 1. The third-order valence-corrected chi connectivity index (χ3v) is 3.51. The highest BCUT2D eigenvalue weighted by molar-refractivity contribution is 5.95. The van der Waals surface area contributed by atoms with Gasteiger partial charge < -0.3 is 4.90 Å². The first-order valence-electron chi connectivity index (χ1n) is 6.51. The lowest BCUT2D eigenvalue weighted by molar-refractivity contribution is -0.884. The van der Waals surface area contributed by atoms with Gasteiger partial charge in [0.1, 0.15) is 0 Å². The first-order valence-corrected chi connectivity index (χ1v) is 6.51. The van der Waals surface area contributed by atoms with E-state index in [9.17, 15) is 4.79 Å². The van der Waals surface area contributed by atoms with Crippen LogP contribution in [0.1, 0.15) is 21.5 Å². The van der Waals surface area contributed by atoms with Crippen LogP contribution in [0.5, 0.6) is 0 Å². The molecule has 0 unspecified atom stereocenters. The van der Waals surface area contributed by atoms with E-state index in [0.29, 0.717) is 0 Å². The number of likely N-dealkylation sites (N-methyl/N-ethyl adjacent to an activating group) is 1. The maximum atomic E-state index is 12.2. The number of piperazine rings is 1. The fourth-order valence-corrected chi connectivity index (χ4v) is 2.18. The molecule has 4 nitrogen and oxygen atoms in total. The quantitative estimate of drug-likeness (QED) is 0.759. The second kappa shape index (κ2) is 5.50. The Morgan fingerprint density at radius 2 is 1.94 bits per heavy atom. The van der Waals surface area contributed by atoms with Gasteiger partial charge in [-0.1, -0.05) is 17.7 Å². The number of benzene rings is 1. The summed E-state index contributed by atoms with van der Waals surface area (Å²) >= 11 is 0. The van der Waals surface area contributed by atoms with Gasteiger partial charge in [0, 0.05) is 5.56 Å². The van der Waals surface area contributed by atoms with Crippen molar-refractivity contribution in [2.75, 3.05) is 33.2 Å². The van der Waals surface area contributed by atoms with Gasteiger partial charge in [0.05, 0.1) is 33.2 Å². The summed E-state index contributed by atoms with van der Waals surface area (Å²) in [6, 6.07) is 5.98. The molecule has 1 saturated heterocycles. The van der Waals surface area contributed by atoms with Crippen LogP contribution >= 0.6 is 0 Å². The van der Waals surface area contributed by atoms with Crippen LogP contribution in [0.4, 0.5) is 0 Å². The number of nitrogens with one attached hydrogen (secondary N) is 2. The molecule has 1 aliphatic rings. The number of carbonyl (C=O) groups excluding carboxylic acids is 1. The van der Waals surface area contributed by atoms with Crippen LogP contribution in [-0.2, 0) is 0 Å². The predicted octanol–water partition coefficient (Wildman–Crippen LogP) is -0.221. The van der Waals surface area contributed by atoms with Crippen molar-refractivity contribution in [1.82, 2.24) is 10.4 Å². The molecule has 0 saturated carbocycles. The zero-order chi connectivity index (χ0) is 13.1. The third-order valence-electron chi connectivity index (χ3n) is 3.51. The van der Waals surface area contributed by atoms with E-state index < -0.39 is 0 Å². The average molecular weight is 248 g/mol. The Labute approximate surface area is 109 Å². The Kier molecular flexibility index (Phi) is 3.99. The molecule has 1 aliphatic heterocycles. The molecule has 0 aromatic heterocycles. The van der Waals surface area contributed by atoms with Gasteiger partial charge in [0.2, 0.25) is 0 Å². The van der Waals surface area contributed by atoms with Crippen LogP contribution in [0, 0.1) is 13.8 Å². The second-order valence-electron chi connectivity index (χ2n) is 5.20. The van der Waals surface area contributed by atoms with E-state index in [1.807, 2.05) is 37.1 Å². The summed E-state index contributed by atoms with van der Waals surface area (Å²) in [7, 11) is 2.18. The summed E-state index contributed by atoms with van der Waals surface area (Å²) in [5, 5.41) is 2.02. The van der Waals surface area contributed by atoms with Gasteiger partial charge >= 0.3 is 0 Å². The molecule has 0 spiro atoms. The van der Waals surface area contributed by atoms with E-state index in [1.54, 1.807) is 0 Å². The summed E-state index contributed by atoms with van der Waals surface area (Å²) in [6.07, 6.45) is 0. The summed E-state index contributed by atoms with van der Waals surface area (Å²) in [5.41, 5.74) is 5.93. The van der Waals surface area contributed by atoms with Crippen LogP contribution in [0.2, 0.25) is 0 Å². The maximum absolute atomic E-state index is 12.2. The minimum atomic E-state index is 0.00996. The van der Waals surface area contributed by atoms with E-state index >= 15 is 0 Å². The van der Waals surface area contributed by atoms with Crippen LogP contribution in [0.25, 0.3) is 0 Å². The monoisotopic (exact) mass is 248 g/mol. The van der Waals surface area contributed by atoms with Crippen molar-refractivity contribution in [3.8, 4) is 0 Å². The van der Waals surface area contributed by atoms with Crippen molar-refractivity contribution in [1.29, 1.82) is 0 Å². The summed E-state index contributed by atoms with van der Waals surface area (Å²) < 4.78 is 0. The van der Waals surface area contributed by atoms with Crippen molar-refractivity contribution in [3.05, 3.63) is 34.9 Å². The van der Waals surface area contributed by atoms with Crippen molar-refractivity contribution < 1.29 is 9.69 Å². The molecule has 0 atom stereocenters. The van der Waals surface area contributed by atoms with Gasteiger partial charge in [0.15, 0.2) is 0 Å². The standard InChI is InChI=1S/C14H21N3O/c1-11-4-5-12(2)13(10-11)14(18)15-17-8-6-16(3)7-9-17/h4-5,10H,6-9H2,1-3H3,(H,15,18)/p+1. The first-order chi connectivity index (χ1) is 8.56. The summed E-state index contributed by atoms with van der Waals surface area (Å²) in [5.74, 6) is 0.00996. The topological polar surface area (TPSA) is 36.8 Å². The zero-order valence-corrected chi connectivity index (χ0v) is 11.4. The molecule has 98 valence electrons. The Hall–Kier alpha value is -1.39. The highest BCUT2D eigenvalue weighted by Crippen LogP contribution is 2.10. The van der Waals surface area contributed by atoms with E-state index in [1.165, 1.54) is 4.90 Å². The fourth-order valence-electron chi connectivity index (χ4n) is 2.18. The van der Waals surface area contributed by atoms with E-state index in [0.717, 1.165) is 42.9 Å². The summed E-state index contributed by atoms with van der Waals surface area (Å²) in [4.78, 5) is 13.7. The molecule has 0 radical (unpaired) electrons. The largest absolute Gasteiger partial charge is 0.335 e. The van der Waals surface area contributed by atoms with Crippen molar-refractivity contribution in [2.45, 2.75) is 13.8 Å². The minimum Gasteiger partial charge on any atom is -0.335 e. The van der Waals surface area contributed by atoms with E-state index in [4.69, 9.17) is 0 Å². The highest BCUT2D eigenvalue weighted by atomic mass is 16.2. The first kappa shape index (κ1) is 13.1. The van der Waals surface area contributed by atoms with Crippen molar-refractivity contribution in [2.24, 2.45) is 0 Å². The minimum absolute atomic E-state index is 0.00996. The van der Waals surface area contributed by atoms with Crippen LogP contribution in [0.3, 0.4) is 0 Å². The van der Waals surface area contributed by atoms with Gasteiger partial charge in [-0.25, -0.2) is 5.01 Å². The zero-order valence-electron chi connectivity index (χ0n) is 11.4. The Morgan fingerprint density at radius 1 is 1.28 bits per heavy atom. The number of hydrogen-bond acceptors (Lipinski definition) is 2. The lowest BCUT2D eigenvalue weighted by Crippen LogP contribution is -3.12. The summed E-state index contributed by atoms with van der Waals surface area (Å²) in [6.45, 7) is 7.98. The molecule has 18 heavy (non-hydrogen) atoms. The number of rotatable bonds is 2. The van der Waals surface area contributed by atoms with Crippen LogP contribution in [-0.4, -0.2) is 44.1 Å². The van der Waals surface area contributed by atoms with Gasteiger partial charge in [-0.3, -0.25) is 10.2 Å². The molecule has 4 heteroatoms. The maximum Gasteiger partial charge on any atom is 0.265 e. The molecule has 1 heterocycles. The molecule has 2 rings (SSSR count). The number of quaternary nitrogens is 1. The number of hydrazine groups is 1. The molecule has 0 aliphatic carbocycles. The molecule has 1 amide bonds. The highest BCUT2D eigenvalue weighted by Gasteiger charge is 2.19. The SMILES string of the molecule is Cc1ccc(C)c(C(=O)NN2CC[NH+](C)CC2)c1. The fraction of sp³-hybridized carbons (Fsp3) is 0.500. The Morgan fingerprint density at radius 3 is 2.61 bits per heavy atom. The Bertz CT molecular complexity index is 437. The second-order valence-corrected chi connectivity index (χ2v) is 5.20. The van der Waals surface area contributed by atoms with E-state index in [-0.39, 0.29) is 5.91 Å². The predicted molar refractivity (Wildman–Crippen MR) is 71.6 cm³/mol.